The minimum atomic E-state index is 0.868. The van der Waals surface area contributed by atoms with Crippen molar-refractivity contribution in [2.75, 3.05) is 0 Å². The first-order chi connectivity index (χ1) is 4.77. The van der Waals surface area contributed by atoms with Gasteiger partial charge in [0.25, 0.3) is 0 Å². The van der Waals surface area contributed by atoms with E-state index in [0.29, 0.717) is 0 Å². The van der Waals surface area contributed by atoms with E-state index in [0.717, 1.165) is 5.92 Å². The van der Waals surface area contributed by atoms with Crippen LogP contribution in [0.5, 0.6) is 0 Å². The molecule has 0 aromatic carbocycles. The number of hydrogen-bond acceptors (Lipinski definition) is 0. The Balaban J connectivity index is 2.34. The first-order valence-electron chi connectivity index (χ1n) is 3.93. The second-order valence-electron chi connectivity index (χ2n) is 3.31. The van der Waals surface area contributed by atoms with Crippen molar-refractivity contribution in [2.24, 2.45) is 0 Å². The van der Waals surface area contributed by atoms with Crippen LogP contribution in [0.15, 0.2) is 6.07 Å². The normalized spacial score (nSPS) is 17.8. The van der Waals surface area contributed by atoms with Crippen LogP contribution in [-0.2, 0) is 0 Å². The molecule has 0 unspecified atom stereocenters. The van der Waals surface area contributed by atoms with Crippen molar-refractivity contribution in [3.63, 3.8) is 0 Å². The Bertz CT molecular complexity index is 224. The molecule has 1 aromatic rings. The van der Waals surface area contributed by atoms with Gasteiger partial charge in [-0.05, 0) is 44.2 Å². The van der Waals surface area contributed by atoms with E-state index < -0.39 is 0 Å². The molecule has 0 amide bonds. The molecule has 0 spiro atoms. The van der Waals surface area contributed by atoms with Crippen LogP contribution in [0.25, 0.3) is 0 Å². The van der Waals surface area contributed by atoms with Crippen molar-refractivity contribution in [1.82, 2.24) is 4.98 Å². The second kappa shape index (κ2) is 1.88. The third kappa shape index (κ3) is 0.859. The summed E-state index contributed by atoms with van der Waals surface area (Å²) in [7, 11) is 0. The van der Waals surface area contributed by atoms with Gasteiger partial charge in [0, 0.05) is 11.4 Å². The number of rotatable bonds is 1. The number of aromatic nitrogens is 1. The van der Waals surface area contributed by atoms with E-state index in [1.54, 1.807) is 0 Å². The summed E-state index contributed by atoms with van der Waals surface area (Å²) >= 11 is 0. The number of aromatic amines is 1. The molecule has 2 rings (SSSR count). The van der Waals surface area contributed by atoms with Crippen molar-refractivity contribution in [2.45, 2.75) is 32.6 Å². The predicted molar refractivity (Wildman–Crippen MR) is 42.2 cm³/mol. The molecule has 1 saturated carbocycles. The second-order valence-corrected chi connectivity index (χ2v) is 3.31. The molecule has 1 heterocycles. The standard InChI is InChI=1S/C9H13N/c1-6-5-9(8-3-4-8)10-7(6)2/h5,8,10H,3-4H2,1-2H3. The lowest BCUT2D eigenvalue weighted by molar-refractivity contribution is 1.03. The van der Waals surface area contributed by atoms with Gasteiger partial charge in [0.2, 0.25) is 0 Å². The molecule has 10 heavy (non-hydrogen) atoms. The molecule has 1 nitrogen and oxygen atoms in total. The lowest BCUT2D eigenvalue weighted by atomic mass is 10.2. The smallest absolute Gasteiger partial charge is 0.0183 e. The molecule has 54 valence electrons. The van der Waals surface area contributed by atoms with Gasteiger partial charge < -0.3 is 4.98 Å². The Kier molecular flexibility index (Phi) is 1.13. The molecule has 1 heteroatoms. The van der Waals surface area contributed by atoms with Crippen LogP contribution in [0.4, 0.5) is 0 Å². The molecular weight excluding hydrogens is 122 g/mol. The summed E-state index contributed by atoms with van der Waals surface area (Å²) in [6.45, 7) is 4.30. The molecule has 0 aliphatic heterocycles. The van der Waals surface area contributed by atoms with Crippen LogP contribution in [0.3, 0.4) is 0 Å². The fourth-order valence-corrected chi connectivity index (χ4v) is 1.31. The van der Waals surface area contributed by atoms with Crippen molar-refractivity contribution in [1.29, 1.82) is 0 Å². The molecule has 0 radical (unpaired) electrons. The van der Waals surface area contributed by atoms with Gasteiger partial charge in [-0.25, -0.2) is 0 Å². The third-order valence-corrected chi connectivity index (χ3v) is 2.31. The maximum Gasteiger partial charge on any atom is 0.0183 e. The number of nitrogens with one attached hydrogen (secondary N) is 1. The summed E-state index contributed by atoms with van der Waals surface area (Å²) in [6, 6.07) is 2.28. The van der Waals surface area contributed by atoms with E-state index >= 15 is 0 Å². The van der Waals surface area contributed by atoms with Gasteiger partial charge in [0.05, 0.1) is 0 Å². The van der Waals surface area contributed by atoms with Gasteiger partial charge in [-0.3, -0.25) is 0 Å². The Morgan fingerprint density at radius 3 is 2.50 bits per heavy atom. The van der Waals surface area contributed by atoms with E-state index in [1.165, 1.54) is 29.8 Å². The summed E-state index contributed by atoms with van der Waals surface area (Å²) < 4.78 is 0. The summed E-state index contributed by atoms with van der Waals surface area (Å²) in [5, 5.41) is 0. The summed E-state index contributed by atoms with van der Waals surface area (Å²) in [5.41, 5.74) is 4.19. The first-order valence-corrected chi connectivity index (χ1v) is 3.93. The van der Waals surface area contributed by atoms with Gasteiger partial charge in [0.1, 0.15) is 0 Å². The Morgan fingerprint density at radius 2 is 2.10 bits per heavy atom. The molecular formula is C9H13N. The highest BCUT2D eigenvalue weighted by Crippen LogP contribution is 2.39. The average molecular weight is 135 g/mol. The largest absolute Gasteiger partial charge is 0.362 e. The molecule has 1 aromatic heterocycles. The Labute approximate surface area is 61.5 Å². The summed E-state index contributed by atoms with van der Waals surface area (Å²) in [6.07, 6.45) is 2.78. The van der Waals surface area contributed by atoms with Crippen LogP contribution in [0.1, 0.15) is 35.7 Å². The topological polar surface area (TPSA) is 15.8 Å². The van der Waals surface area contributed by atoms with Crippen LogP contribution in [0.2, 0.25) is 0 Å². The third-order valence-electron chi connectivity index (χ3n) is 2.31. The minimum absolute atomic E-state index is 0.868. The van der Waals surface area contributed by atoms with Crippen molar-refractivity contribution in [3.8, 4) is 0 Å². The van der Waals surface area contributed by atoms with Gasteiger partial charge >= 0.3 is 0 Å². The SMILES string of the molecule is Cc1cc(C2CC2)[nH]c1C. The average Bonchev–Trinajstić information content (AvgIpc) is 2.64. The number of hydrogen-bond donors (Lipinski definition) is 1. The zero-order chi connectivity index (χ0) is 7.14. The van der Waals surface area contributed by atoms with E-state index in [9.17, 15) is 0 Å². The Hall–Kier alpha value is -0.720. The Morgan fingerprint density at radius 1 is 1.40 bits per heavy atom. The monoisotopic (exact) mass is 135 g/mol. The van der Waals surface area contributed by atoms with Crippen molar-refractivity contribution in [3.05, 3.63) is 23.0 Å². The first kappa shape index (κ1) is 6.02. The zero-order valence-corrected chi connectivity index (χ0v) is 6.57. The van der Waals surface area contributed by atoms with E-state index in [4.69, 9.17) is 0 Å². The van der Waals surface area contributed by atoms with E-state index in [1.807, 2.05) is 0 Å². The van der Waals surface area contributed by atoms with Crippen LogP contribution in [-0.4, -0.2) is 4.98 Å². The van der Waals surface area contributed by atoms with Crippen molar-refractivity contribution < 1.29 is 0 Å². The van der Waals surface area contributed by atoms with Crippen LogP contribution < -0.4 is 0 Å². The lowest BCUT2D eigenvalue weighted by Gasteiger charge is -1.87. The van der Waals surface area contributed by atoms with Gasteiger partial charge in [-0.2, -0.15) is 0 Å². The fraction of sp³-hybridized carbons (Fsp3) is 0.556. The highest BCUT2D eigenvalue weighted by Gasteiger charge is 2.24. The molecule has 1 aliphatic rings. The molecule has 1 fully saturated rings. The number of H-pyrrole nitrogens is 1. The maximum absolute atomic E-state index is 3.41. The quantitative estimate of drug-likeness (QED) is 0.609. The zero-order valence-electron chi connectivity index (χ0n) is 6.57. The van der Waals surface area contributed by atoms with E-state index in [-0.39, 0.29) is 0 Å². The molecule has 0 saturated heterocycles. The van der Waals surface area contributed by atoms with Gasteiger partial charge in [0.15, 0.2) is 0 Å². The highest BCUT2D eigenvalue weighted by atomic mass is 14.7. The molecule has 0 bridgehead atoms. The van der Waals surface area contributed by atoms with Crippen molar-refractivity contribution >= 4 is 0 Å². The summed E-state index contributed by atoms with van der Waals surface area (Å²) in [5.74, 6) is 0.868. The van der Waals surface area contributed by atoms with Gasteiger partial charge in [-0.15, -0.1) is 0 Å². The maximum atomic E-state index is 3.41. The minimum Gasteiger partial charge on any atom is -0.362 e. The van der Waals surface area contributed by atoms with Crippen LogP contribution >= 0.6 is 0 Å². The molecule has 1 N–H and O–H groups in total. The van der Waals surface area contributed by atoms with E-state index in [2.05, 4.69) is 24.9 Å². The highest BCUT2D eigenvalue weighted by molar-refractivity contribution is 5.27. The molecule has 1 aliphatic carbocycles. The lowest BCUT2D eigenvalue weighted by Crippen LogP contribution is -1.76. The number of aryl methyl sites for hydroxylation is 2. The van der Waals surface area contributed by atoms with Crippen LogP contribution in [0, 0.1) is 13.8 Å². The molecule has 0 atom stereocenters. The fourth-order valence-electron chi connectivity index (χ4n) is 1.31. The summed E-state index contributed by atoms with van der Waals surface area (Å²) in [4.78, 5) is 3.41. The van der Waals surface area contributed by atoms with Gasteiger partial charge in [-0.1, -0.05) is 0 Å². The predicted octanol–water partition coefficient (Wildman–Crippen LogP) is 2.51.